The van der Waals surface area contributed by atoms with E-state index in [4.69, 9.17) is 16.3 Å². The van der Waals surface area contributed by atoms with E-state index in [2.05, 4.69) is 4.99 Å². The Balaban J connectivity index is 1.81. The van der Waals surface area contributed by atoms with E-state index in [0.717, 1.165) is 11.1 Å². The van der Waals surface area contributed by atoms with Crippen LogP contribution in [0.4, 0.5) is 0 Å². The summed E-state index contributed by atoms with van der Waals surface area (Å²) in [4.78, 5) is 16.1. The minimum Gasteiger partial charge on any atom is -0.403 e. The summed E-state index contributed by atoms with van der Waals surface area (Å²) in [6.45, 7) is 2.03. The average Bonchev–Trinajstić information content (AvgIpc) is 2.89. The lowest BCUT2D eigenvalue weighted by atomic mass is 10.1. The van der Waals surface area contributed by atoms with E-state index >= 15 is 0 Å². The maximum absolute atomic E-state index is 11.9. The molecule has 0 amide bonds. The van der Waals surface area contributed by atoms with Crippen LogP contribution in [0.3, 0.4) is 0 Å². The molecule has 3 rings (SSSR count). The molecule has 2 aromatic rings. The van der Waals surface area contributed by atoms with Gasteiger partial charge in [-0.05, 0) is 36.3 Å². The molecule has 0 fully saturated rings. The lowest BCUT2D eigenvalue weighted by Gasteiger charge is -1.96. The first kappa shape index (κ1) is 15.3. The lowest BCUT2D eigenvalue weighted by Crippen LogP contribution is -2.01. The van der Waals surface area contributed by atoms with E-state index in [9.17, 15) is 4.79 Å². The number of carbonyl (C=O) groups excluding carboxylic acids is 1. The SMILES string of the molecule is Cc1ccc(/C=C/C2=NC(=C\c3ccccc3Cl)/C(=O)O2)cc1. The first-order valence-corrected chi connectivity index (χ1v) is 7.51. The third-order valence-corrected chi connectivity index (χ3v) is 3.67. The molecule has 0 spiro atoms. The van der Waals surface area contributed by atoms with Gasteiger partial charge in [0.25, 0.3) is 0 Å². The summed E-state index contributed by atoms with van der Waals surface area (Å²) in [5, 5.41) is 0.562. The number of esters is 1. The largest absolute Gasteiger partial charge is 0.403 e. The van der Waals surface area contributed by atoms with Crippen LogP contribution in [0.5, 0.6) is 0 Å². The predicted octanol–water partition coefficient (Wildman–Crippen LogP) is 4.66. The van der Waals surface area contributed by atoms with Crippen LogP contribution in [0.25, 0.3) is 12.2 Å². The van der Waals surface area contributed by atoms with Crippen molar-refractivity contribution in [3.8, 4) is 0 Å². The van der Waals surface area contributed by atoms with Crippen molar-refractivity contribution in [3.63, 3.8) is 0 Å². The first-order valence-electron chi connectivity index (χ1n) is 7.14. The van der Waals surface area contributed by atoms with E-state index in [1.54, 1.807) is 18.2 Å². The number of ether oxygens (including phenoxy) is 1. The van der Waals surface area contributed by atoms with Gasteiger partial charge in [-0.1, -0.05) is 59.6 Å². The van der Waals surface area contributed by atoms with Crippen molar-refractivity contribution >= 4 is 35.6 Å². The highest BCUT2D eigenvalue weighted by Gasteiger charge is 2.21. The Morgan fingerprint density at radius 3 is 2.52 bits per heavy atom. The standard InChI is InChI=1S/C19H14ClNO2/c1-13-6-8-14(9-7-13)10-11-18-21-17(19(22)23-18)12-15-4-2-3-5-16(15)20/h2-12H,1H3/b11-10+,17-12-. The third-order valence-electron chi connectivity index (χ3n) is 3.33. The fourth-order valence-electron chi connectivity index (χ4n) is 2.08. The van der Waals surface area contributed by atoms with Crippen molar-refractivity contribution in [1.29, 1.82) is 0 Å². The second-order valence-corrected chi connectivity index (χ2v) is 5.54. The van der Waals surface area contributed by atoms with Crippen molar-refractivity contribution in [2.45, 2.75) is 6.92 Å². The molecule has 1 aliphatic heterocycles. The molecule has 114 valence electrons. The number of rotatable bonds is 3. The van der Waals surface area contributed by atoms with Crippen molar-refractivity contribution in [1.82, 2.24) is 0 Å². The molecule has 3 nitrogen and oxygen atoms in total. The van der Waals surface area contributed by atoms with Crippen molar-refractivity contribution < 1.29 is 9.53 Å². The van der Waals surface area contributed by atoms with Crippen LogP contribution in [-0.4, -0.2) is 11.9 Å². The highest BCUT2D eigenvalue weighted by molar-refractivity contribution is 6.32. The van der Waals surface area contributed by atoms with Crippen LogP contribution in [0.1, 0.15) is 16.7 Å². The van der Waals surface area contributed by atoms with Crippen molar-refractivity contribution in [3.05, 3.63) is 82.0 Å². The van der Waals surface area contributed by atoms with Gasteiger partial charge >= 0.3 is 5.97 Å². The molecular weight excluding hydrogens is 310 g/mol. The molecule has 23 heavy (non-hydrogen) atoms. The zero-order valence-electron chi connectivity index (χ0n) is 12.5. The highest BCUT2D eigenvalue weighted by Crippen LogP contribution is 2.21. The molecule has 0 N–H and O–H groups in total. The third kappa shape index (κ3) is 3.76. The molecule has 1 aliphatic rings. The number of aryl methyl sites for hydroxylation is 1. The minimum atomic E-state index is -0.478. The van der Waals surface area contributed by atoms with Gasteiger partial charge in [0.05, 0.1) is 0 Å². The van der Waals surface area contributed by atoms with Gasteiger partial charge in [-0.3, -0.25) is 0 Å². The van der Waals surface area contributed by atoms with Crippen LogP contribution < -0.4 is 0 Å². The van der Waals surface area contributed by atoms with E-state index in [1.165, 1.54) is 5.56 Å². The van der Waals surface area contributed by atoms with Crippen LogP contribution in [0.2, 0.25) is 5.02 Å². The lowest BCUT2D eigenvalue weighted by molar-refractivity contribution is -0.129. The summed E-state index contributed by atoms with van der Waals surface area (Å²) >= 11 is 6.08. The fourth-order valence-corrected chi connectivity index (χ4v) is 2.27. The molecule has 0 bridgehead atoms. The Labute approximate surface area is 139 Å². The molecule has 0 aliphatic carbocycles. The number of nitrogens with zero attached hydrogens (tertiary/aromatic N) is 1. The molecule has 0 atom stereocenters. The Bertz CT molecular complexity index is 833. The van der Waals surface area contributed by atoms with Crippen LogP contribution in [-0.2, 0) is 9.53 Å². The number of hydrogen-bond donors (Lipinski definition) is 0. The molecule has 2 aromatic carbocycles. The highest BCUT2D eigenvalue weighted by atomic mass is 35.5. The molecule has 0 saturated carbocycles. The van der Waals surface area contributed by atoms with Gasteiger partial charge in [-0.25, -0.2) is 9.79 Å². The summed E-state index contributed by atoms with van der Waals surface area (Å²) in [6.07, 6.45) is 5.15. The summed E-state index contributed by atoms with van der Waals surface area (Å²) in [5.41, 5.74) is 3.17. The Hall–Kier alpha value is -2.65. The number of carbonyl (C=O) groups is 1. The zero-order valence-corrected chi connectivity index (χ0v) is 13.2. The molecule has 0 unspecified atom stereocenters. The Kier molecular flexibility index (Phi) is 4.40. The van der Waals surface area contributed by atoms with Crippen LogP contribution in [0.15, 0.2) is 65.3 Å². The molecule has 0 radical (unpaired) electrons. The number of cyclic esters (lactones) is 1. The Morgan fingerprint density at radius 1 is 1.04 bits per heavy atom. The second kappa shape index (κ2) is 6.63. The van der Waals surface area contributed by atoms with Gasteiger partial charge in [-0.2, -0.15) is 0 Å². The number of aliphatic imine (C=N–C) groups is 1. The van der Waals surface area contributed by atoms with E-state index < -0.39 is 5.97 Å². The maximum atomic E-state index is 11.9. The van der Waals surface area contributed by atoms with E-state index in [0.29, 0.717) is 5.02 Å². The van der Waals surface area contributed by atoms with Crippen LogP contribution in [0, 0.1) is 6.92 Å². The van der Waals surface area contributed by atoms with E-state index in [1.807, 2.05) is 55.5 Å². The van der Waals surface area contributed by atoms with Gasteiger partial charge in [-0.15, -0.1) is 0 Å². The molecule has 0 saturated heterocycles. The summed E-state index contributed by atoms with van der Waals surface area (Å²) in [5.74, 6) is -0.206. The van der Waals surface area contributed by atoms with Gasteiger partial charge in [0.15, 0.2) is 5.70 Å². The smallest absolute Gasteiger partial charge is 0.363 e. The van der Waals surface area contributed by atoms with Gasteiger partial charge in [0.2, 0.25) is 5.90 Å². The molecule has 1 heterocycles. The fraction of sp³-hybridized carbons (Fsp3) is 0.0526. The average molecular weight is 324 g/mol. The van der Waals surface area contributed by atoms with Crippen molar-refractivity contribution in [2.75, 3.05) is 0 Å². The predicted molar refractivity (Wildman–Crippen MR) is 93.2 cm³/mol. The summed E-state index contributed by atoms with van der Waals surface area (Å²) in [6, 6.07) is 15.3. The quantitative estimate of drug-likeness (QED) is 0.608. The summed E-state index contributed by atoms with van der Waals surface area (Å²) < 4.78 is 5.14. The molecule has 4 heteroatoms. The van der Waals surface area contributed by atoms with Gasteiger partial charge in [0.1, 0.15) is 0 Å². The molecule has 0 aromatic heterocycles. The topological polar surface area (TPSA) is 38.7 Å². The van der Waals surface area contributed by atoms with Gasteiger partial charge in [0, 0.05) is 11.1 Å². The number of benzene rings is 2. The monoisotopic (exact) mass is 323 g/mol. The maximum Gasteiger partial charge on any atom is 0.363 e. The Morgan fingerprint density at radius 2 is 1.78 bits per heavy atom. The number of halogens is 1. The van der Waals surface area contributed by atoms with E-state index in [-0.39, 0.29) is 11.6 Å². The first-order chi connectivity index (χ1) is 11.1. The van der Waals surface area contributed by atoms with Crippen LogP contribution >= 0.6 is 11.6 Å². The normalized spacial score (nSPS) is 16.0. The van der Waals surface area contributed by atoms with Gasteiger partial charge < -0.3 is 4.74 Å². The van der Waals surface area contributed by atoms with Crippen molar-refractivity contribution in [2.24, 2.45) is 4.99 Å². The summed E-state index contributed by atoms with van der Waals surface area (Å²) in [7, 11) is 0. The molecular formula is C19H14ClNO2. The zero-order chi connectivity index (χ0) is 16.2. The number of hydrogen-bond acceptors (Lipinski definition) is 3. The second-order valence-electron chi connectivity index (χ2n) is 5.13. The minimum absolute atomic E-state index is 0.238.